The smallest absolute Gasteiger partial charge is 0.234 e. The zero-order chi connectivity index (χ0) is 20.4. The van der Waals surface area contributed by atoms with Crippen LogP contribution < -0.4 is 0 Å². The van der Waals surface area contributed by atoms with Gasteiger partial charge in [0.05, 0.1) is 17.1 Å². The molecule has 148 valence electrons. The van der Waals surface area contributed by atoms with Gasteiger partial charge in [-0.15, -0.1) is 10.2 Å². The highest BCUT2D eigenvalue weighted by molar-refractivity contribution is 7.90. The number of hydrogen-bond donors (Lipinski definition) is 0. The molecule has 29 heavy (non-hydrogen) atoms. The average Bonchev–Trinajstić information content (AvgIpc) is 3.35. The topological polar surface area (TPSA) is 90.9 Å². The molecule has 0 amide bonds. The van der Waals surface area contributed by atoms with Gasteiger partial charge in [-0.1, -0.05) is 48.5 Å². The molecule has 4 rings (SSSR count). The molecule has 0 unspecified atom stereocenters. The van der Waals surface area contributed by atoms with E-state index in [2.05, 4.69) is 15.3 Å². The molecule has 0 bridgehead atoms. The monoisotopic (exact) mass is 408 g/mol. The maximum absolute atomic E-state index is 13.1. The summed E-state index contributed by atoms with van der Waals surface area (Å²) in [6, 6.07) is 19.1. The van der Waals surface area contributed by atoms with Crippen LogP contribution in [0.2, 0.25) is 0 Å². The van der Waals surface area contributed by atoms with Crippen molar-refractivity contribution in [3.63, 3.8) is 0 Å². The molecule has 0 aliphatic rings. The van der Waals surface area contributed by atoms with E-state index in [9.17, 15) is 8.42 Å². The molecule has 0 aliphatic carbocycles. The number of hydrogen-bond acceptors (Lipinski definition) is 6. The molecule has 0 saturated heterocycles. The first kappa shape index (κ1) is 19.1. The molecule has 0 saturated carbocycles. The third-order valence-corrected chi connectivity index (χ3v) is 6.64. The molecule has 0 fully saturated rings. The lowest BCUT2D eigenvalue weighted by atomic mass is 10.1. The van der Waals surface area contributed by atoms with Gasteiger partial charge in [-0.2, -0.15) is 5.10 Å². The Balaban J connectivity index is 1.75. The zero-order valence-corrected chi connectivity index (χ0v) is 16.9. The summed E-state index contributed by atoms with van der Waals surface area (Å²) in [6.45, 7) is 3.19. The second-order valence-corrected chi connectivity index (χ2v) is 9.08. The maximum atomic E-state index is 13.1. The van der Waals surface area contributed by atoms with Crippen LogP contribution in [0.4, 0.5) is 0 Å². The number of sulfone groups is 1. The van der Waals surface area contributed by atoms with E-state index in [1.54, 1.807) is 24.7 Å². The van der Waals surface area contributed by atoms with E-state index in [0.29, 0.717) is 17.1 Å². The van der Waals surface area contributed by atoms with Crippen LogP contribution in [0.15, 0.2) is 71.3 Å². The number of rotatable bonds is 6. The third kappa shape index (κ3) is 3.97. The molecule has 0 aliphatic heterocycles. The van der Waals surface area contributed by atoms with Gasteiger partial charge < -0.3 is 4.42 Å². The number of aryl methyl sites for hydroxylation is 1. The Hall–Kier alpha value is -3.26. The van der Waals surface area contributed by atoms with Crippen LogP contribution in [0, 0.1) is 6.92 Å². The van der Waals surface area contributed by atoms with E-state index in [4.69, 9.17) is 4.42 Å². The molecule has 4 aromatic rings. The first-order valence-electron chi connectivity index (χ1n) is 9.15. The van der Waals surface area contributed by atoms with E-state index in [1.165, 1.54) is 0 Å². The van der Waals surface area contributed by atoms with Gasteiger partial charge in [-0.3, -0.25) is 0 Å². The molecule has 1 atom stereocenters. The van der Waals surface area contributed by atoms with Gasteiger partial charge in [0.1, 0.15) is 5.25 Å². The van der Waals surface area contributed by atoms with Crippen molar-refractivity contribution in [3.05, 3.63) is 84.2 Å². The molecule has 2 heterocycles. The van der Waals surface area contributed by atoms with E-state index < -0.39 is 15.1 Å². The Morgan fingerprint density at radius 3 is 2.28 bits per heavy atom. The van der Waals surface area contributed by atoms with Crippen LogP contribution in [0.25, 0.3) is 16.9 Å². The molecule has 0 radical (unpaired) electrons. The van der Waals surface area contributed by atoms with Crippen LogP contribution in [-0.2, 0) is 15.6 Å². The molecule has 2 aromatic heterocycles. The summed E-state index contributed by atoms with van der Waals surface area (Å²) in [6.07, 6.45) is 1.76. The SMILES string of the molecule is Cc1nnc([C@H](C)S(=O)(=O)Cc2cn(-c3ccccc3)nc2-c2ccccc2)o1. The van der Waals surface area contributed by atoms with Crippen molar-refractivity contribution in [2.45, 2.75) is 24.9 Å². The molecule has 0 N–H and O–H groups in total. The van der Waals surface area contributed by atoms with Gasteiger partial charge in [0.25, 0.3) is 0 Å². The van der Waals surface area contributed by atoms with Crippen LogP contribution in [0.5, 0.6) is 0 Å². The summed E-state index contributed by atoms with van der Waals surface area (Å²) < 4.78 is 33.2. The minimum Gasteiger partial charge on any atom is -0.424 e. The summed E-state index contributed by atoms with van der Waals surface area (Å²) in [5, 5.41) is 11.4. The fraction of sp³-hybridized carbons (Fsp3) is 0.190. The van der Waals surface area contributed by atoms with Crippen molar-refractivity contribution < 1.29 is 12.8 Å². The van der Waals surface area contributed by atoms with Gasteiger partial charge in [0, 0.05) is 24.2 Å². The van der Waals surface area contributed by atoms with Crippen molar-refractivity contribution in [2.24, 2.45) is 0 Å². The van der Waals surface area contributed by atoms with Gasteiger partial charge >= 0.3 is 0 Å². The molecular formula is C21H20N4O3S. The van der Waals surface area contributed by atoms with Crippen molar-refractivity contribution in [2.75, 3.05) is 0 Å². The molecule has 7 nitrogen and oxygen atoms in total. The largest absolute Gasteiger partial charge is 0.424 e. The van der Waals surface area contributed by atoms with Crippen molar-refractivity contribution in [1.82, 2.24) is 20.0 Å². The highest BCUT2D eigenvalue weighted by atomic mass is 32.2. The fourth-order valence-electron chi connectivity index (χ4n) is 3.04. The van der Waals surface area contributed by atoms with E-state index >= 15 is 0 Å². The van der Waals surface area contributed by atoms with E-state index in [-0.39, 0.29) is 11.6 Å². The van der Waals surface area contributed by atoms with Gasteiger partial charge in [-0.05, 0) is 19.1 Å². The molecule has 8 heteroatoms. The van der Waals surface area contributed by atoms with Crippen LogP contribution in [0.1, 0.15) is 29.5 Å². The Bertz CT molecular complexity index is 1220. The first-order chi connectivity index (χ1) is 13.9. The van der Waals surface area contributed by atoms with E-state index in [1.807, 2.05) is 60.7 Å². The predicted octanol–water partition coefficient (Wildman–Crippen LogP) is 3.91. The second-order valence-electron chi connectivity index (χ2n) is 6.76. The average molecular weight is 408 g/mol. The summed E-state index contributed by atoms with van der Waals surface area (Å²) in [5.74, 6) is 0.246. The van der Waals surface area contributed by atoms with Crippen LogP contribution in [-0.4, -0.2) is 28.4 Å². The van der Waals surface area contributed by atoms with Crippen molar-refractivity contribution in [1.29, 1.82) is 0 Å². The van der Waals surface area contributed by atoms with Crippen molar-refractivity contribution >= 4 is 9.84 Å². The number of nitrogens with zero attached hydrogens (tertiary/aromatic N) is 4. The third-order valence-electron chi connectivity index (χ3n) is 4.64. The Morgan fingerprint density at radius 1 is 1.00 bits per heavy atom. The van der Waals surface area contributed by atoms with Crippen LogP contribution in [0.3, 0.4) is 0 Å². The summed E-state index contributed by atoms with van der Waals surface area (Å²) in [5.41, 5.74) is 2.96. The fourth-order valence-corrected chi connectivity index (χ4v) is 4.34. The number of para-hydroxylation sites is 1. The highest BCUT2D eigenvalue weighted by Crippen LogP contribution is 2.29. The quantitative estimate of drug-likeness (QED) is 0.480. The Morgan fingerprint density at radius 2 is 1.66 bits per heavy atom. The van der Waals surface area contributed by atoms with Crippen molar-refractivity contribution in [3.8, 4) is 16.9 Å². The van der Waals surface area contributed by atoms with Gasteiger partial charge in [0.2, 0.25) is 11.8 Å². The number of aromatic nitrogens is 4. The second kappa shape index (κ2) is 7.63. The maximum Gasteiger partial charge on any atom is 0.234 e. The number of benzene rings is 2. The predicted molar refractivity (Wildman–Crippen MR) is 109 cm³/mol. The summed E-state index contributed by atoms with van der Waals surface area (Å²) in [4.78, 5) is 0. The lowest BCUT2D eigenvalue weighted by molar-refractivity contribution is 0.461. The summed E-state index contributed by atoms with van der Waals surface area (Å²) in [7, 11) is -3.60. The normalized spacial score (nSPS) is 12.8. The minimum atomic E-state index is -3.60. The molecule has 2 aromatic carbocycles. The highest BCUT2D eigenvalue weighted by Gasteiger charge is 2.29. The molecular weight excluding hydrogens is 388 g/mol. The lowest BCUT2D eigenvalue weighted by Gasteiger charge is -2.09. The zero-order valence-electron chi connectivity index (χ0n) is 16.1. The first-order valence-corrected chi connectivity index (χ1v) is 10.9. The standard InChI is InChI=1S/C21H20N4O3S/c1-15(21-23-22-16(2)28-21)29(26,27)14-18-13-25(19-11-7-4-8-12-19)24-20(18)17-9-5-3-6-10-17/h3-13,15H,14H2,1-2H3/t15-/m0/s1. The molecule has 0 spiro atoms. The minimum absolute atomic E-state index is 0.0965. The Kier molecular flexibility index (Phi) is 5.02. The Labute approximate surface area is 168 Å². The van der Waals surface area contributed by atoms with Gasteiger partial charge in [-0.25, -0.2) is 13.1 Å². The summed E-state index contributed by atoms with van der Waals surface area (Å²) >= 11 is 0. The van der Waals surface area contributed by atoms with Crippen LogP contribution >= 0.6 is 0 Å². The lowest BCUT2D eigenvalue weighted by Crippen LogP contribution is -2.13. The van der Waals surface area contributed by atoms with Gasteiger partial charge in [0.15, 0.2) is 9.84 Å². The van der Waals surface area contributed by atoms with E-state index in [0.717, 1.165) is 11.3 Å².